The van der Waals surface area contributed by atoms with E-state index in [4.69, 9.17) is 4.42 Å². The van der Waals surface area contributed by atoms with E-state index >= 15 is 0 Å². The maximum atomic E-state index is 11.6. The fourth-order valence-electron chi connectivity index (χ4n) is 1.94. The number of hydrogen-bond acceptors (Lipinski definition) is 3. The van der Waals surface area contributed by atoms with Gasteiger partial charge in [0.15, 0.2) is 0 Å². The molecule has 82 valence electrons. The molecule has 4 nitrogen and oxygen atoms in total. The lowest BCUT2D eigenvalue weighted by Crippen LogP contribution is -2.32. The summed E-state index contributed by atoms with van der Waals surface area (Å²) in [6, 6.07) is 4.04. The molecular formula is C11H16N2O2. The summed E-state index contributed by atoms with van der Waals surface area (Å²) in [6.45, 7) is 4.34. The Balaban J connectivity index is 1.91. The number of hydrogen-bond donors (Lipinski definition) is 1. The number of likely N-dealkylation sites (tertiary alicyclic amines) is 1. The number of carbonyl (C=O) groups excluding carboxylic acids is 1. The average Bonchev–Trinajstić information content (AvgIpc) is 2.79. The Morgan fingerprint density at radius 2 is 2.53 bits per heavy atom. The molecule has 0 spiro atoms. The van der Waals surface area contributed by atoms with Crippen LogP contribution >= 0.6 is 0 Å². The molecule has 0 radical (unpaired) electrons. The maximum Gasteiger partial charge on any atom is 0.224 e. The second-order valence-corrected chi connectivity index (χ2v) is 3.81. The molecule has 1 saturated heterocycles. The average molecular weight is 208 g/mol. The van der Waals surface area contributed by atoms with Gasteiger partial charge in [-0.2, -0.15) is 0 Å². The van der Waals surface area contributed by atoms with Crippen molar-refractivity contribution in [3.8, 4) is 0 Å². The van der Waals surface area contributed by atoms with Crippen molar-refractivity contribution < 1.29 is 9.21 Å². The van der Waals surface area contributed by atoms with Gasteiger partial charge in [-0.15, -0.1) is 0 Å². The largest absolute Gasteiger partial charge is 0.467 e. The van der Waals surface area contributed by atoms with Crippen molar-refractivity contribution in [3.63, 3.8) is 0 Å². The lowest BCUT2D eigenvalue weighted by molar-refractivity contribution is -0.128. The summed E-state index contributed by atoms with van der Waals surface area (Å²) in [6.07, 6.45) is 2.24. The molecule has 0 bridgehead atoms. The molecule has 2 rings (SSSR count). The first-order chi connectivity index (χ1) is 7.29. The van der Waals surface area contributed by atoms with Crippen LogP contribution in [-0.4, -0.2) is 29.9 Å². The van der Waals surface area contributed by atoms with Gasteiger partial charge in [-0.1, -0.05) is 6.92 Å². The van der Waals surface area contributed by atoms with Crippen molar-refractivity contribution >= 4 is 5.91 Å². The monoisotopic (exact) mass is 208 g/mol. The molecule has 1 fully saturated rings. The molecule has 0 aromatic carbocycles. The number of carbonyl (C=O) groups is 1. The third kappa shape index (κ3) is 2.39. The Hall–Kier alpha value is -1.29. The first-order valence-corrected chi connectivity index (χ1v) is 5.33. The van der Waals surface area contributed by atoms with Gasteiger partial charge in [0, 0.05) is 19.0 Å². The van der Waals surface area contributed by atoms with Crippen molar-refractivity contribution in [1.82, 2.24) is 10.2 Å². The van der Waals surface area contributed by atoms with E-state index < -0.39 is 0 Å². The van der Waals surface area contributed by atoms with Gasteiger partial charge in [-0.25, -0.2) is 0 Å². The van der Waals surface area contributed by atoms with Gasteiger partial charge in [0.25, 0.3) is 0 Å². The number of rotatable bonds is 4. The Kier molecular flexibility index (Phi) is 3.06. The molecule has 15 heavy (non-hydrogen) atoms. The first kappa shape index (κ1) is 10.2. The van der Waals surface area contributed by atoms with Crippen LogP contribution in [0, 0.1) is 0 Å². The quantitative estimate of drug-likeness (QED) is 0.802. The zero-order valence-electron chi connectivity index (χ0n) is 8.90. The van der Waals surface area contributed by atoms with Crippen LogP contribution in [0.4, 0.5) is 0 Å². The van der Waals surface area contributed by atoms with E-state index in [0.717, 1.165) is 18.8 Å². The second-order valence-electron chi connectivity index (χ2n) is 3.81. The summed E-state index contributed by atoms with van der Waals surface area (Å²) >= 11 is 0. The molecule has 0 saturated carbocycles. The van der Waals surface area contributed by atoms with E-state index in [9.17, 15) is 4.79 Å². The summed E-state index contributed by atoms with van der Waals surface area (Å²) in [4.78, 5) is 13.5. The van der Waals surface area contributed by atoms with Gasteiger partial charge < -0.3 is 14.6 Å². The third-order valence-electron chi connectivity index (χ3n) is 2.63. The second kappa shape index (κ2) is 4.49. The fraction of sp³-hybridized carbons (Fsp3) is 0.545. The van der Waals surface area contributed by atoms with E-state index in [1.165, 1.54) is 0 Å². The van der Waals surface area contributed by atoms with Gasteiger partial charge in [0.2, 0.25) is 5.91 Å². The summed E-state index contributed by atoms with van der Waals surface area (Å²) in [5.41, 5.74) is 0. The van der Waals surface area contributed by atoms with Gasteiger partial charge in [0.05, 0.1) is 12.8 Å². The minimum atomic E-state index is 0.206. The predicted octanol–water partition coefficient (Wildman–Crippen LogP) is 0.990. The molecule has 1 amide bonds. The Labute approximate surface area is 89.2 Å². The molecule has 1 aliphatic heterocycles. The van der Waals surface area contributed by atoms with Crippen molar-refractivity contribution in [1.29, 1.82) is 0 Å². The van der Waals surface area contributed by atoms with Crippen molar-refractivity contribution in [2.75, 3.05) is 13.1 Å². The van der Waals surface area contributed by atoms with Crippen LogP contribution in [0.5, 0.6) is 0 Å². The van der Waals surface area contributed by atoms with E-state index in [1.807, 2.05) is 17.0 Å². The van der Waals surface area contributed by atoms with Crippen molar-refractivity contribution in [3.05, 3.63) is 24.2 Å². The summed E-state index contributed by atoms with van der Waals surface area (Å²) in [7, 11) is 0. The molecule has 1 atom stereocenters. The number of nitrogens with one attached hydrogen (secondary N) is 1. The van der Waals surface area contributed by atoms with Crippen LogP contribution in [-0.2, 0) is 11.3 Å². The van der Waals surface area contributed by atoms with Crippen LogP contribution in [0.1, 0.15) is 19.1 Å². The highest BCUT2D eigenvalue weighted by molar-refractivity contribution is 5.79. The summed E-state index contributed by atoms with van der Waals surface area (Å²) in [5.74, 6) is 1.05. The molecule has 1 aliphatic rings. The Bertz CT molecular complexity index is 321. The normalized spacial score (nSPS) is 21.3. The molecule has 2 heterocycles. The summed E-state index contributed by atoms with van der Waals surface area (Å²) in [5, 5.41) is 3.29. The molecule has 1 unspecified atom stereocenters. The predicted molar refractivity (Wildman–Crippen MR) is 56.2 cm³/mol. The van der Waals surface area contributed by atoms with Crippen LogP contribution in [0.3, 0.4) is 0 Å². The molecular weight excluding hydrogens is 192 g/mol. The number of furan rings is 1. The fourth-order valence-corrected chi connectivity index (χ4v) is 1.94. The smallest absolute Gasteiger partial charge is 0.224 e. The highest BCUT2D eigenvalue weighted by Crippen LogP contribution is 2.15. The van der Waals surface area contributed by atoms with Crippen LogP contribution < -0.4 is 5.32 Å². The van der Waals surface area contributed by atoms with E-state index in [2.05, 4.69) is 12.2 Å². The zero-order valence-corrected chi connectivity index (χ0v) is 8.90. The van der Waals surface area contributed by atoms with Gasteiger partial charge in [-0.3, -0.25) is 4.79 Å². The SMILES string of the molecule is CCNC1CC(=O)N(Cc2ccco2)C1. The van der Waals surface area contributed by atoms with Crippen molar-refractivity contribution in [2.24, 2.45) is 0 Å². The maximum absolute atomic E-state index is 11.6. The van der Waals surface area contributed by atoms with Crippen LogP contribution in [0.2, 0.25) is 0 Å². The number of amides is 1. The van der Waals surface area contributed by atoms with Gasteiger partial charge >= 0.3 is 0 Å². The third-order valence-corrected chi connectivity index (χ3v) is 2.63. The molecule has 1 aromatic heterocycles. The number of nitrogens with zero attached hydrogens (tertiary/aromatic N) is 1. The van der Waals surface area contributed by atoms with Crippen molar-refractivity contribution in [2.45, 2.75) is 25.9 Å². The minimum absolute atomic E-state index is 0.206. The number of likely N-dealkylation sites (N-methyl/N-ethyl adjacent to an activating group) is 1. The standard InChI is InChI=1S/C11H16N2O2/c1-2-12-9-6-11(14)13(7-9)8-10-4-3-5-15-10/h3-5,9,12H,2,6-8H2,1H3. The minimum Gasteiger partial charge on any atom is -0.467 e. The van der Waals surface area contributed by atoms with Crippen LogP contribution in [0.25, 0.3) is 0 Å². The molecule has 1 aromatic rings. The van der Waals surface area contributed by atoms with Gasteiger partial charge in [-0.05, 0) is 18.7 Å². The topological polar surface area (TPSA) is 45.5 Å². The van der Waals surface area contributed by atoms with E-state index in [1.54, 1.807) is 6.26 Å². The molecule has 4 heteroatoms. The zero-order chi connectivity index (χ0) is 10.7. The van der Waals surface area contributed by atoms with Gasteiger partial charge in [0.1, 0.15) is 5.76 Å². The highest BCUT2D eigenvalue weighted by atomic mass is 16.3. The highest BCUT2D eigenvalue weighted by Gasteiger charge is 2.29. The summed E-state index contributed by atoms with van der Waals surface area (Å²) < 4.78 is 5.22. The van der Waals surface area contributed by atoms with E-state index in [-0.39, 0.29) is 5.91 Å². The van der Waals surface area contributed by atoms with E-state index in [0.29, 0.717) is 19.0 Å². The lowest BCUT2D eigenvalue weighted by atomic mass is 10.2. The Morgan fingerprint density at radius 3 is 3.20 bits per heavy atom. The lowest BCUT2D eigenvalue weighted by Gasteiger charge is -2.15. The molecule has 1 N–H and O–H groups in total. The first-order valence-electron chi connectivity index (χ1n) is 5.33. The molecule has 0 aliphatic carbocycles. The Morgan fingerprint density at radius 1 is 1.67 bits per heavy atom. The van der Waals surface area contributed by atoms with Crippen LogP contribution in [0.15, 0.2) is 22.8 Å².